The van der Waals surface area contributed by atoms with E-state index in [1.807, 2.05) is 0 Å². The zero-order valence-electron chi connectivity index (χ0n) is 1.69. The van der Waals surface area contributed by atoms with Crippen LogP contribution in [0, 0.1) is 0 Å². The fourth-order valence-corrected chi connectivity index (χ4v) is 0. The Hall–Kier alpha value is 0.865. The van der Waals surface area contributed by atoms with Gasteiger partial charge in [0.1, 0.15) is 0 Å². The van der Waals surface area contributed by atoms with Gasteiger partial charge in [0, 0.05) is 8.41 Å². The number of hydrogen-bond donors (Lipinski definition) is 0. The van der Waals surface area contributed by atoms with Crippen molar-refractivity contribution < 1.29 is 25.0 Å². The van der Waals surface area contributed by atoms with E-state index in [2.05, 4.69) is 0 Å². The quantitative estimate of drug-likeness (QED) is 0.336. The largest absolute Gasteiger partial charge is 2.00 e. The van der Waals surface area contributed by atoms with E-state index in [0.717, 1.165) is 0 Å². The first-order valence-corrected chi connectivity index (χ1v) is 0. The molecule has 0 spiro atoms. The van der Waals surface area contributed by atoms with Gasteiger partial charge < -0.3 is 5.48 Å². The van der Waals surface area contributed by atoms with E-state index in [1.165, 1.54) is 0 Å². The molecular formula is H4BOSiZn. The molecule has 19 valence electrons. The van der Waals surface area contributed by atoms with Crippen LogP contribution in [0.4, 0.5) is 0 Å². The Morgan fingerprint density at radius 3 is 1.00 bits per heavy atom. The molecule has 0 rings (SSSR count). The maximum atomic E-state index is 0. The molecule has 0 bridgehead atoms. The standard InChI is InChI=1S/B.O.H4Si.Zn/h;;1H4;/q;-2;;+2. The first-order chi connectivity index (χ1) is 0. The SMILES string of the molecule is [B].[O-2].[SiH4].[Zn+2]. The molecule has 4 heteroatoms. The van der Waals surface area contributed by atoms with E-state index in [4.69, 9.17) is 0 Å². The molecule has 0 N–H and O–H groups in total. The maximum absolute atomic E-state index is 0. The van der Waals surface area contributed by atoms with Gasteiger partial charge in [0.05, 0.1) is 0 Å². The fourth-order valence-electron chi connectivity index (χ4n) is 0. The van der Waals surface area contributed by atoms with Crippen molar-refractivity contribution in [2.75, 3.05) is 0 Å². The van der Waals surface area contributed by atoms with Crippen LogP contribution in [0.1, 0.15) is 0 Å². The summed E-state index contributed by atoms with van der Waals surface area (Å²) >= 11 is 0. The summed E-state index contributed by atoms with van der Waals surface area (Å²) in [5.41, 5.74) is 0. The minimum Gasteiger partial charge on any atom is -2.00 e. The molecule has 0 aliphatic carbocycles. The molecule has 0 aromatic heterocycles. The molecule has 0 atom stereocenters. The van der Waals surface area contributed by atoms with Gasteiger partial charge in [-0.1, -0.05) is 0 Å². The van der Waals surface area contributed by atoms with Gasteiger partial charge in [-0.25, -0.2) is 0 Å². The Morgan fingerprint density at radius 2 is 1.00 bits per heavy atom. The molecule has 1 nitrogen and oxygen atoms in total. The Morgan fingerprint density at radius 1 is 1.00 bits per heavy atom. The minimum absolute atomic E-state index is 0. The minimum atomic E-state index is 0. The summed E-state index contributed by atoms with van der Waals surface area (Å²) in [6.07, 6.45) is 0. The van der Waals surface area contributed by atoms with Gasteiger partial charge in [0.15, 0.2) is 0 Å². The van der Waals surface area contributed by atoms with Crippen molar-refractivity contribution in [2.45, 2.75) is 0 Å². The third-order valence-electron chi connectivity index (χ3n) is 0. The van der Waals surface area contributed by atoms with Crippen LogP contribution in [0.3, 0.4) is 0 Å². The number of hydrogen-bond acceptors (Lipinski definition) is 0. The van der Waals surface area contributed by atoms with E-state index in [-0.39, 0.29) is 44.3 Å². The van der Waals surface area contributed by atoms with E-state index >= 15 is 0 Å². The summed E-state index contributed by atoms with van der Waals surface area (Å²) < 4.78 is 0. The summed E-state index contributed by atoms with van der Waals surface area (Å²) in [6.45, 7) is 0. The van der Waals surface area contributed by atoms with Crippen molar-refractivity contribution in [1.29, 1.82) is 0 Å². The monoisotopic (exact) mass is 123 g/mol. The molecule has 0 heterocycles. The normalized spacial score (nSPS) is 0. The Labute approximate surface area is 44.8 Å². The van der Waals surface area contributed by atoms with Gasteiger partial charge in [-0.3, -0.25) is 0 Å². The van der Waals surface area contributed by atoms with Gasteiger partial charge >= 0.3 is 19.5 Å². The molecule has 0 aromatic carbocycles. The first-order valence-electron chi connectivity index (χ1n) is 0. The topological polar surface area (TPSA) is 28.5 Å². The van der Waals surface area contributed by atoms with Crippen LogP contribution >= 0.6 is 0 Å². The molecule has 0 aliphatic rings. The smallest absolute Gasteiger partial charge is 2.00 e. The van der Waals surface area contributed by atoms with Crippen LogP contribution < -0.4 is 0 Å². The Bertz CT molecular complexity index is 8.00. The predicted octanol–water partition coefficient (Wildman–Crippen LogP) is -1.95. The summed E-state index contributed by atoms with van der Waals surface area (Å²) in [4.78, 5) is 0. The fraction of sp³-hybridized carbons (Fsp3) is 0. The van der Waals surface area contributed by atoms with Crippen LogP contribution in [0.5, 0.6) is 0 Å². The zero-order chi connectivity index (χ0) is 0. The van der Waals surface area contributed by atoms with Crippen molar-refractivity contribution in [1.82, 2.24) is 0 Å². The van der Waals surface area contributed by atoms with Crippen LogP contribution in [0.25, 0.3) is 0 Å². The maximum Gasteiger partial charge on any atom is 2.00 e. The van der Waals surface area contributed by atoms with E-state index < -0.39 is 0 Å². The third-order valence-corrected chi connectivity index (χ3v) is 0. The van der Waals surface area contributed by atoms with Crippen molar-refractivity contribution >= 4 is 19.4 Å². The van der Waals surface area contributed by atoms with Crippen LogP contribution in [0.2, 0.25) is 0 Å². The summed E-state index contributed by atoms with van der Waals surface area (Å²) in [5, 5.41) is 0. The van der Waals surface area contributed by atoms with Gasteiger partial charge in [-0.05, 0) is 11.0 Å². The van der Waals surface area contributed by atoms with Gasteiger partial charge in [0.2, 0.25) is 0 Å². The van der Waals surface area contributed by atoms with Gasteiger partial charge in [-0.15, -0.1) is 0 Å². The average Bonchev–Trinajstić information content (AvgIpc) is 0. The molecule has 0 saturated carbocycles. The van der Waals surface area contributed by atoms with Crippen molar-refractivity contribution in [2.24, 2.45) is 0 Å². The molecule has 0 saturated heterocycles. The second-order valence-corrected chi connectivity index (χ2v) is 0. The second kappa shape index (κ2) is 42.4. The molecule has 0 aromatic rings. The van der Waals surface area contributed by atoms with Crippen LogP contribution in [-0.2, 0) is 25.0 Å². The molecule has 0 unspecified atom stereocenters. The predicted molar refractivity (Wildman–Crippen MR) is 17.8 cm³/mol. The molecular weight excluding hydrogens is 120 g/mol. The zero-order valence-corrected chi connectivity index (χ0v) is 4.66. The van der Waals surface area contributed by atoms with Crippen LogP contribution in [-0.4, -0.2) is 19.4 Å². The van der Waals surface area contributed by atoms with Gasteiger partial charge in [-0.2, -0.15) is 0 Å². The molecule has 0 aliphatic heterocycles. The Kier molecular flexibility index (Phi) is 1030. The van der Waals surface area contributed by atoms with Crippen molar-refractivity contribution in [3.63, 3.8) is 0 Å². The molecule has 0 fully saturated rings. The van der Waals surface area contributed by atoms with E-state index in [0.29, 0.717) is 0 Å². The second-order valence-electron chi connectivity index (χ2n) is 0. The third kappa shape index (κ3) is 13.3. The Balaban J connectivity index is 0. The van der Waals surface area contributed by atoms with E-state index in [1.54, 1.807) is 0 Å². The van der Waals surface area contributed by atoms with Gasteiger partial charge in [0.25, 0.3) is 0 Å². The molecule has 4 heavy (non-hydrogen) atoms. The summed E-state index contributed by atoms with van der Waals surface area (Å²) in [6, 6.07) is 0. The summed E-state index contributed by atoms with van der Waals surface area (Å²) in [7, 11) is 0. The molecule has 0 amide bonds. The number of rotatable bonds is 0. The van der Waals surface area contributed by atoms with Crippen LogP contribution in [0.15, 0.2) is 0 Å². The van der Waals surface area contributed by atoms with E-state index in [9.17, 15) is 0 Å². The summed E-state index contributed by atoms with van der Waals surface area (Å²) in [5.74, 6) is 0. The average molecular weight is 124 g/mol. The van der Waals surface area contributed by atoms with Crippen molar-refractivity contribution in [3.8, 4) is 0 Å². The van der Waals surface area contributed by atoms with Crippen molar-refractivity contribution in [3.05, 3.63) is 0 Å². The molecule has 3 radical (unpaired) electrons. The first kappa shape index (κ1) is 97.1.